The average molecular weight is 224 g/mol. The summed E-state index contributed by atoms with van der Waals surface area (Å²) in [6.45, 7) is 2.30. The lowest BCUT2D eigenvalue weighted by Crippen LogP contribution is -1.93. The molecular weight excluding hydrogens is 214 g/mol. The number of halogens is 1. The van der Waals surface area contributed by atoms with Crippen molar-refractivity contribution in [2.75, 3.05) is 0 Å². The molecule has 2 heterocycles. The summed E-state index contributed by atoms with van der Waals surface area (Å²) in [7, 11) is 0. The molecule has 0 amide bonds. The number of furan rings is 1. The third-order valence-corrected chi connectivity index (χ3v) is 2.10. The van der Waals surface area contributed by atoms with Crippen LogP contribution in [0.1, 0.15) is 11.5 Å². The SMILES string of the molecule is Cc1ccc(COc2ccc(Cl)nc2)o1. The van der Waals surface area contributed by atoms with Gasteiger partial charge in [0.25, 0.3) is 0 Å². The molecule has 2 aromatic heterocycles. The first-order valence-corrected chi connectivity index (χ1v) is 4.91. The standard InChI is InChI=1S/C11H10ClNO2/c1-8-2-3-10(15-8)7-14-9-4-5-11(12)13-6-9/h2-6H,7H2,1H3. The number of hydrogen-bond donors (Lipinski definition) is 0. The van der Waals surface area contributed by atoms with Crippen LogP contribution in [0.4, 0.5) is 0 Å². The lowest BCUT2D eigenvalue weighted by molar-refractivity contribution is 0.266. The molecule has 0 unspecified atom stereocenters. The Morgan fingerprint density at radius 3 is 2.80 bits per heavy atom. The molecule has 2 aromatic rings. The topological polar surface area (TPSA) is 35.3 Å². The molecule has 0 N–H and O–H groups in total. The first-order valence-electron chi connectivity index (χ1n) is 4.54. The summed E-state index contributed by atoms with van der Waals surface area (Å²) in [6.07, 6.45) is 1.58. The largest absolute Gasteiger partial charge is 0.484 e. The zero-order valence-corrected chi connectivity index (χ0v) is 8.99. The van der Waals surface area contributed by atoms with E-state index < -0.39 is 0 Å². The summed E-state index contributed by atoms with van der Waals surface area (Å²) in [6, 6.07) is 7.24. The number of hydrogen-bond acceptors (Lipinski definition) is 3. The van der Waals surface area contributed by atoms with Gasteiger partial charge in [0.15, 0.2) is 0 Å². The Bertz CT molecular complexity index is 436. The van der Waals surface area contributed by atoms with E-state index >= 15 is 0 Å². The van der Waals surface area contributed by atoms with Gasteiger partial charge in [-0.25, -0.2) is 4.98 Å². The van der Waals surface area contributed by atoms with Crippen molar-refractivity contribution in [3.8, 4) is 5.75 Å². The highest BCUT2D eigenvalue weighted by Gasteiger charge is 2.00. The van der Waals surface area contributed by atoms with E-state index in [2.05, 4.69) is 4.98 Å². The smallest absolute Gasteiger partial charge is 0.146 e. The third kappa shape index (κ3) is 2.73. The van der Waals surface area contributed by atoms with Gasteiger partial charge < -0.3 is 9.15 Å². The molecule has 0 aliphatic rings. The van der Waals surface area contributed by atoms with Crippen LogP contribution in [0.2, 0.25) is 5.15 Å². The second-order valence-corrected chi connectivity index (χ2v) is 3.50. The van der Waals surface area contributed by atoms with Crippen molar-refractivity contribution in [1.82, 2.24) is 4.98 Å². The van der Waals surface area contributed by atoms with Crippen LogP contribution in [0.5, 0.6) is 5.75 Å². The Kier molecular flexibility index (Phi) is 2.92. The molecule has 78 valence electrons. The van der Waals surface area contributed by atoms with Gasteiger partial charge in [-0.3, -0.25) is 0 Å². The van der Waals surface area contributed by atoms with Gasteiger partial charge in [0, 0.05) is 0 Å². The highest BCUT2D eigenvalue weighted by atomic mass is 35.5. The number of rotatable bonds is 3. The van der Waals surface area contributed by atoms with Crippen LogP contribution in [0.25, 0.3) is 0 Å². The molecule has 0 radical (unpaired) electrons. The van der Waals surface area contributed by atoms with Gasteiger partial charge in [-0.15, -0.1) is 0 Å². The van der Waals surface area contributed by atoms with Crippen molar-refractivity contribution in [2.45, 2.75) is 13.5 Å². The fraction of sp³-hybridized carbons (Fsp3) is 0.182. The predicted molar refractivity (Wildman–Crippen MR) is 57.0 cm³/mol. The Morgan fingerprint density at radius 1 is 1.33 bits per heavy atom. The molecule has 0 aliphatic carbocycles. The normalized spacial score (nSPS) is 10.3. The van der Waals surface area contributed by atoms with Crippen LogP contribution in [0.3, 0.4) is 0 Å². The monoisotopic (exact) mass is 223 g/mol. The molecule has 3 nitrogen and oxygen atoms in total. The summed E-state index contributed by atoms with van der Waals surface area (Å²) >= 11 is 5.65. The average Bonchev–Trinajstić information content (AvgIpc) is 2.64. The minimum atomic E-state index is 0.400. The fourth-order valence-electron chi connectivity index (χ4n) is 1.16. The van der Waals surface area contributed by atoms with Gasteiger partial charge in [0.2, 0.25) is 0 Å². The van der Waals surface area contributed by atoms with Gasteiger partial charge in [-0.1, -0.05) is 11.6 Å². The summed E-state index contributed by atoms with van der Waals surface area (Å²) in [5, 5.41) is 0.455. The highest BCUT2D eigenvalue weighted by molar-refractivity contribution is 6.29. The number of ether oxygens (including phenoxy) is 1. The Balaban J connectivity index is 1.96. The van der Waals surface area contributed by atoms with Crippen molar-refractivity contribution < 1.29 is 9.15 Å². The van der Waals surface area contributed by atoms with Crippen LogP contribution in [0.15, 0.2) is 34.9 Å². The molecule has 0 spiro atoms. The maximum Gasteiger partial charge on any atom is 0.146 e. The van der Waals surface area contributed by atoms with Crippen molar-refractivity contribution in [3.05, 3.63) is 47.1 Å². The second kappa shape index (κ2) is 4.36. The first-order chi connectivity index (χ1) is 7.24. The van der Waals surface area contributed by atoms with Crippen molar-refractivity contribution in [3.63, 3.8) is 0 Å². The summed E-state index contributed by atoms with van der Waals surface area (Å²) in [4.78, 5) is 3.91. The van der Waals surface area contributed by atoms with E-state index in [1.165, 1.54) is 0 Å². The van der Waals surface area contributed by atoms with Gasteiger partial charge in [-0.2, -0.15) is 0 Å². The molecule has 2 rings (SSSR count). The summed E-state index contributed by atoms with van der Waals surface area (Å²) < 4.78 is 10.8. The van der Waals surface area contributed by atoms with E-state index in [9.17, 15) is 0 Å². The van der Waals surface area contributed by atoms with Crippen LogP contribution < -0.4 is 4.74 Å². The number of pyridine rings is 1. The molecule has 0 saturated carbocycles. The Morgan fingerprint density at radius 2 is 2.20 bits per heavy atom. The molecule has 0 bridgehead atoms. The molecule has 4 heteroatoms. The molecule has 0 saturated heterocycles. The summed E-state index contributed by atoms with van der Waals surface area (Å²) in [5.74, 6) is 2.35. The minimum absolute atomic E-state index is 0.400. The van der Waals surface area contributed by atoms with E-state index in [1.807, 2.05) is 19.1 Å². The zero-order chi connectivity index (χ0) is 10.7. The number of nitrogens with zero attached hydrogens (tertiary/aromatic N) is 1. The van der Waals surface area contributed by atoms with Crippen LogP contribution >= 0.6 is 11.6 Å². The highest BCUT2D eigenvalue weighted by Crippen LogP contribution is 2.14. The minimum Gasteiger partial charge on any atom is -0.484 e. The van der Waals surface area contributed by atoms with Gasteiger partial charge in [-0.05, 0) is 31.2 Å². The first kappa shape index (κ1) is 10.1. The quantitative estimate of drug-likeness (QED) is 0.750. The van der Waals surface area contributed by atoms with E-state index in [4.69, 9.17) is 20.8 Å². The Hall–Kier alpha value is -1.48. The Labute approximate surface area is 92.6 Å². The van der Waals surface area contributed by atoms with Crippen LogP contribution in [-0.2, 0) is 6.61 Å². The van der Waals surface area contributed by atoms with E-state index in [0.29, 0.717) is 17.5 Å². The van der Waals surface area contributed by atoms with E-state index in [1.54, 1.807) is 18.3 Å². The van der Waals surface area contributed by atoms with Gasteiger partial charge >= 0.3 is 0 Å². The molecule has 0 aromatic carbocycles. The van der Waals surface area contributed by atoms with E-state index in [-0.39, 0.29) is 0 Å². The van der Waals surface area contributed by atoms with Crippen molar-refractivity contribution in [2.24, 2.45) is 0 Å². The molecular formula is C11H10ClNO2. The van der Waals surface area contributed by atoms with Crippen LogP contribution in [0, 0.1) is 6.92 Å². The molecule has 0 atom stereocenters. The third-order valence-electron chi connectivity index (χ3n) is 1.88. The fourth-order valence-corrected chi connectivity index (χ4v) is 1.28. The number of aromatic nitrogens is 1. The number of aryl methyl sites for hydroxylation is 1. The zero-order valence-electron chi connectivity index (χ0n) is 8.24. The molecule has 15 heavy (non-hydrogen) atoms. The second-order valence-electron chi connectivity index (χ2n) is 3.12. The maximum atomic E-state index is 5.65. The van der Waals surface area contributed by atoms with Crippen LogP contribution in [-0.4, -0.2) is 4.98 Å². The predicted octanol–water partition coefficient (Wildman–Crippen LogP) is 3.22. The van der Waals surface area contributed by atoms with E-state index in [0.717, 1.165) is 11.5 Å². The lowest BCUT2D eigenvalue weighted by Gasteiger charge is -2.02. The van der Waals surface area contributed by atoms with Crippen molar-refractivity contribution in [1.29, 1.82) is 0 Å². The molecule has 0 aliphatic heterocycles. The molecule has 0 fully saturated rings. The lowest BCUT2D eigenvalue weighted by atomic mass is 10.4. The van der Waals surface area contributed by atoms with Gasteiger partial charge in [0.05, 0.1) is 6.20 Å². The van der Waals surface area contributed by atoms with Gasteiger partial charge in [0.1, 0.15) is 29.0 Å². The van der Waals surface area contributed by atoms with Crippen molar-refractivity contribution >= 4 is 11.6 Å². The summed E-state index contributed by atoms with van der Waals surface area (Å²) in [5.41, 5.74) is 0. The maximum absolute atomic E-state index is 5.65.